The van der Waals surface area contributed by atoms with Gasteiger partial charge in [0.15, 0.2) is 0 Å². The van der Waals surface area contributed by atoms with E-state index in [9.17, 15) is 4.79 Å². The second-order valence-corrected chi connectivity index (χ2v) is 5.36. The van der Waals surface area contributed by atoms with E-state index < -0.39 is 5.41 Å². The molecule has 0 aliphatic heterocycles. The molecule has 0 aromatic carbocycles. The summed E-state index contributed by atoms with van der Waals surface area (Å²) in [5.74, 6) is 0.689. The quantitative estimate of drug-likeness (QED) is 0.870. The summed E-state index contributed by atoms with van der Waals surface area (Å²) >= 11 is 9.07. The van der Waals surface area contributed by atoms with Gasteiger partial charge in [-0.1, -0.05) is 0 Å². The number of rotatable bonds is 3. The van der Waals surface area contributed by atoms with Crippen LogP contribution in [0.1, 0.15) is 19.5 Å². The highest BCUT2D eigenvalue weighted by molar-refractivity contribution is 9.10. The summed E-state index contributed by atoms with van der Waals surface area (Å²) < 4.78 is 0.919. The molecule has 1 aromatic rings. The Morgan fingerprint density at radius 2 is 2.19 bits per heavy atom. The molecule has 0 aliphatic rings. The fourth-order valence-corrected chi connectivity index (χ4v) is 1.30. The number of nitrogens with zero attached hydrogens (tertiary/aromatic N) is 1. The second-order valence-electron chi connectivity index (χ2n) is 4.24. The summed E-state index contributed by atoms with van der Waals surface area (Å²) in [5, 5.41) is 2.75. The Kier molecular flexibility index (Phi) is 4.33. The van der Waals surface area contributed by atoms with Crippen molar-refractivity contribution in [2.75, 3.05) is 11.2 Å². The van der Waals surface area contributed by atoms with E-state index in [2.05, 4.69) is 26.2 Å². The van der Waals surface area contributed by atoms with Crippen LogP contribution >= 0.6 is 27.5 Å². The van der Waals surface area contributed by atoms with Crippen LogP contribution in [0, 0.1) is 12.3 Å². The highest BCUT2D eigenvalue weighted by Crippen LogP contribution is 2.21. The van der Waals surface area contributed by atoms with Gasteiger partial charge in [0.05, 0.1) is 11.1 Å². The van der Waals surface area contributed by atoms with Gasteiger partial charge in [-0.05, 0) is 48.8 Å². The first kappa shape index (κ1) is 13.5. The van der Waals surface area contributed by atoms with Gasteiger partial charge >= 0.3 is 0 Å². The van der Waals surface area contributed by atoms with Gasteiger partial charge in [-0.3, -0.25) is 4.79 Å². The molecule has 0 unspecified atom stereocenters. The van der Waals surface area contributed by atoms with E-state index in [0.29, 0.717) is 5.82 Å². The zero-order valence-electron chi connectivity index (χ0n) is 9.47. The number of aryl methyl sites for hydroxylation is 1. The Labute approximate surface area is 109 Å². The van der Waals surface area contributed by atoms with Crippen molar-refractivity contribution in [3.8, 4) is 0 Å². The maximum Gasteiger partial charge on any atom is 0.232 e. The van der Waals surface area contributed by atoms with Crippen LogP contribution in [0.5, 0.6) is 0 Å². The monoisotopic (exact) mass is 304 g/mol. The van der Waals surface area contributed by atoms with Crippen molar-refractivity contribution in [3.05, 3.63) is 22.3 Å². The van der Waals surface area contributed by atoms with Crippen LogP contribution in [0.25, 0.3) is 0 Å². The average Bonchev–Trinajstić information content (AvgIpc) is 2.23. The molecule has 1 heterocycles. The minimum atomic E-state index is -0.593. The van der Waals surface area contributed by atoms with Crippen molar-refractivity contribution in [3.63, 3.8) is 0 Å². The number of nitrogens with one attached hydrogen (secondary N) is 1. The zero-order chi connectivity index (χ0) is 12.3. The molecule has 1 amide bonds. The van der Waals surface area contributed by atoms with Gasteiger partial charge < -0.3 is 5.32 Å². The molecular formula is C11H14BrClN2O. The molecule has 0 radical (unpaired) electrons. The molecule has 5 heteroatoms. The van der Waals surface area contributed by atoms with Crippen LogP contribution in [0.4, 0.5) is 5.82 Å². The molecule has 0 spiro atoms. The summed E-state index contributed by atoms with van der Waals surface area (Å²) in [4.78, 5) is 16.1. The van der Waals surface area contributed by atoms with Crippen LogP contribution in [-0.4, -0.2) is 16.8 Å². The third-order valence-corrected chi connectivity index (χ3v) is 3.72. The number of hydrogen-bond donors (Lipinski definition) is 1. The van der Waals surface area contributed by atoms with E-state index in [0.717, 1.165) is 10.2 Å². The van der Waals surface area contributed by atoms with Gasteiger partial charge in [0.25, 0.3) is 0 Å². The Morgan fingerprint density at radius 1 is 1.56 bits per heavy atom. The number of carbonyl (C=O) groups is 1. The normalized spacial score (nSPS) is 11.3. The van der Waals surface area contributed by atoms with Crippen molar-refractivity contribution >= 4 is 39.3 Å². The van der Waals surface area contributed by atoms with Crippen molar-refractivity contribution in [1.29, 1.82) is 0 Å². The molecule has 3 nitrogen and oxygen atoms in total. The smallest absolute Gasteiger partial charge is 0.232 e. The van der Waals surface area contributed by atoms with Crippen molar-refractivity contribution in [1.82, 2.24) is 4.98 Å². The van der Waals surface area contributed by atoms with Crippen molar-refractivity contribution < 1.29 is 4.79 Å². The third kappa shape index (κ3) is 3.19. The standard InChI is InChI=1S/C11H14BrClN2O/c1-7-8(12)4-5-9(14-7)15-10(16)11(2,3)6-13/h4-5H,6H2,1-3H3,(H,14,15,16). The Balaban J connectivity index is 2.82. The summed E-state index contributed by atoms with van der Waals surface area (Å²) in [5.41, 5.74) is 0.242. The highest BCUT2D eigenvalue weighted by Gasteiger charge is 2.26. The highest BCUT2D eigenvalue weighted by atomic mass is 79.9. The molecular weight excluding hydrogens is 291 g/mol. The van der Waals surface area contributed by atoms with Crippen LogP contribution in [-0.2, 0) is 4.79 Å². The number of alkyl halides is 1. The average molecular weight is 306 g/mol. The predicted octanol–water partition coefficient (Wildman–Crippen LogP) is 3.36. The SMILES string of the molecule is Cc1nc(NC(=O)C(C)(C)CCl)ccc1Br. The van der Waals surface area contributed by atoms with Crippen molar-refractivity contribution in [2.45, 2.75) is 20.8 Å². The number of anilines is 1. The molecule has 0 bridgehead atoms. The maximum atomic E-state index is 11.8. The van der Waals surface area contributed by atoms with E-state index in [1.165, 1.54) is 0 Å². The number of hydrogen-bond acceptors (Lipinski definition) is 2. The summed E-state index contributed by atoms with van der Waals surface area (Å²) in [6.07, 6.45) is 0. The van der Waals surface area contributed by atoms with Gasteiger partial charge in [0.1, 0.15) is 5.82 Å². The van der Waals surface area contributed by atoms with Crippen LogP contribution in [0.2, 0.25) is 0 Å². The summed E-state index contributed by atoms with van der Waals surface area (Å²) in [7, 11) is 0. The topological polar surface area (TPSA) is 42.0 Å². The summed E-state index contributed by atoms with van der Waals surface area (Å²) in [6, 6.07) is 3.60. The van der Waals surface area contributed by atoms with Gasteiger partial charge in [0.2, 0.25) is 5.91 Å². The first-order chi connectivity index (χ1) is 7.36. The molecule has 1 aromatic heterocycles. The largest absolute Gasteiger partial charge is 0.310 e. The molecule has 1 N–H and O–H groups in total. The van der Waals surface area contributed by atoms with Gasteiger partial charge in [0, 0.05) is 10.4 Å². The number of pyridine rings is 1. The van der Waals surface area contributed by atoms with E-state index in [-0.39, 0.29) is 11.8 Å². The van der Waals surface area contributed by atoms with Crippen LogP contribution in [0.3, 0.4) is 0 Å². The van der Waals surface area contributed by atoms with Gasteiger partial charge in [-0.25, -0.2) is 4.98 Å². The number of halogens is 2. The van der Waals surface area contributed by atoms with E-state index in [1.54, 1.807) is 19.9 Å². The number of aromatic nitrogens is 1. The lowest BCUT2D eigenvalue weighted by molar-refractivity contribution is -0.123. The molecule has 0 aliphatic carbocycles. The number of amides is 1. The maximum absolute atomic E-state index is 11.8. The predicted molar refractivity (Wildman–Crippen MR) is 69.8 cm³/mol. The molecule has 16 heavy (non-hydrogen) atoms. The Morgan fingerprint density at radius 3 is 2.69 bits per heavy atom. The molecule has 88 valence electrons. The molecule has 0 atom stereocenters. The molecule has 0 fully saturated rings. The zero-order valence-corrected chi connectivity index (χ0v) is 11.8. The Bertz CT molecular complexity index is 407. The van der Waals surface area contributed by atoms with Gasteiger partial charge in [-0.2, -0.15) is 0 Å². The minimum Gasteiger partial charge on any atom is -0.310 e. The van der Waals surface area contributed by atoms with Crippen LogP contribution < -0.4 is 5.32 Å². The first-order valence-corrected chi connectivity index (χ1v) is 6.20. The fraction of sp³-hybridized carbons (Fsp3) is 0.455. The lowest BCUT2D eigenvalue weighted by Gasteiger charge is -2.20. The fourth-order valence-electron chi connectivity index (χ4n) is 0.960. The first-order valence-electron chi connectivity index (χ1n) is 4.87. The molecule has 0 saturated heterocycles. The summed E-state index contributed by atoms with van der Waals surface area (Å²) in [6.45, 7) is 5.45. The van der Waals surface area contributed by atoms with E-state index in [4.69, 9.17) is 11.6 Å². The van der Waals surface area contributed by atoms with Crippen molar-refractivity contribution in [2.24, 2.45) is 5.41 Å². The third-order valence-electron chi connectivity index (χ3n) is 2.21. The Hall–Kier alpha value is -0.610. The minimum absolute atomic E-state index is 0.128. The lowest BCUT2D eigenvalue weighted by Crippen LogP contribution is -2.32. The van der Waals surface area contributed by atoms with Crippen LogP contribution in [0.15, 0.2) is 16.6 Å². The van der Waals surface area contributed by atoms with E-state index in [1.807, 2.05) is 13.0 Å². The van der Waals surface area contributed by atoms with E-state index >= 15 is 0 Å². The second kappa shape index (κ2) is 5.15. The number of carbonyl (C=O) groups excluding carboxylic acids is 1. The van der Waals surface area contributed by atoms with Gasteiger partial charge in [-0.15, -0.1) is 11.6 Å². The lowest BCUT2D eigenvalue weighted by atomic mass is 9.95. The molecule has 1 rings (SSSR count). The molecule has 0 saturated carbocycles.